The highest BCUT2D eigenvalue weighted by molar-refractivity contribution is 5.92. The van der Waals surface area contributed by atoms with Gasteiger partial charge < -0.3 is 15.3 Å². The molecule has 0 spiro atoms. The summed E-state index contributed by atoms with van der Waals surface area (Å²) in [7, 11) is 0. The van der Waals surface area contributed by atoms with Gasteiger partial charge in [-0.3, -0.25) is 9.59 Å². The molecule has 1 aliphatic carbocycles. The number of hydrogen-bond acceptors (Lipinski definition) is 3. The molecule has 26 heavy (non-hydrogen) atoms. The summed E-state index contributed by atoms with van der Waals surface area (Å²) in [4.78, 5) is 38.4. The number of likely N-dealkylation sites (tertiary alicyclic amines) is 1. The number of nitrogens with one attached hydrogen (secondary N) is 1. The molecule has 140 valence electrons. The quantitative estimate of drug-likeness (QED) is 0.845. The molecule has 1 aliphatic heterocycles. The Morgan fingerprint density at radius 2 is 1.85 bits per heavy atom. The summed E-state index contributed by atoms with van der Waals surface area (Å²) < 4.78 is 0. The minimum absolute atomic E-state index is 0.0567. The molecule has 1 atom stereocenters. The van der Waals surface area contributed by atoms with Crippen molar-refractivity contribution < 1.29 is 19.5 Å². The molecule has 6 heteroatoms. The van der Waals surface area contributed by atoms with Gasteiger partial charge in [-0.25, -0.2) is 4.79 Å². The SMILES string of the molecule is Cc1ccc(CN2CC(C(=O)NC3(C(=O)O)CCCCC3)CC2=O)cc1. The van der Waals surface area contributed by atoms with Crippen LogP contribution >= 0.6 is 0 Å². The van der Waals surface area contributed by atoms with Gasteiger partial charge in [-0.15, -0.1) is 0 Å². The molecule has 1 saturated heterocycles. The van der Waals surface area contributed by atoms with Crippen molar-refractivity contribution in [3.8, 4) is 0 Å². The van der Waals surface area contributed by atoms with Gasteiger partial charge in [-0.2, -0.15) is 0 Å². The smallest absolute Gasteiger partial charge is 0.329 e. The number of carboxylic acid groups (broad SMARTS) is 1. The van der Waals surface area contributed by atoms with Gasteiger partial charge in [0.15, 0.2) is 0 Å². The first-order chi connectivity index (χ1) is 12.4. The molecular formula is C20H26N2O4. The third-order valence-electron chi connectivity index (χ3n) is 5.56. The molecule has 3 rings (SSSR count). The fourth-order valence-corrected chi connectivity index (χ4v) is 3.90. The van der Waals surface area contributed by atoms with E-state index < -0.39 is 17.4 Å². The van der Waals surface area contributed by atoms with Crippen LogP contribution in [0, 0.1) is 12.8 Å². The zero-order valence-corrected chi connectivity index (χ0v) is 15.2. The van der Waals surface area contributed by atoms with E-state index in [0.29, 0.717) is 25.9 Å². The van der Waals surface area contributed by atoms with Crippen molar-refractivity contribution >= 4 is 17.8 Å². The van der Waals surface area contributed by atoms with Crippen LogP contribution < -0.4 is 5.32 Å². The average Bonchev–Trinajstić information content (AvgIpc) is 2.98. The molecule has 0 radical (unpaired) electrons. The van der Waals surface area contributed by atoms with Crippen molar-refractivity contribution in [2.24, 2.45) is 5.92 Å². The van der Waals surface area contributed by atoms with E-state index in [1.165, 1.54) is 0 Å². The van der Waals surface area contributed by atoms with Gasteiger partial charge in [-0.1, -0.05) is 49.1 Å². The number of benzene rings is 1. The Morgan fingerprint density at radius 1 is 1.19 bits per heavy atom. The van der Waals surface area contributed by atoms with Crippen LogP contribution in [0.25, 0.3) is 0 Å². The summed E-state index contributed by atoms with van der Waals surface area (Å²) in [6.07, 6.45) is 3.67. The van der Waals surface area contributed by atoms with Crippen molar-refractivity contribution in [1.82, 2.24) is 10.2 Å². The van der Waals surface area contributed by atoms with Crippen LogP contribution in [0.15, 0.2) is 24.3 Å². The van der Waals surface area contributed by atoms with Crippen molar-refractivity contribution in [3.05, 3.63) is 35.4 Å². The van der Waals surface area contributed by atoms with Gasteiger partial charge in [0.2, 0.25) is 11.8 Å². The zero-order valence-electron chi connectivity index (χ0n) is 15.2. The summed E-state index contributed by atoms with van der Waals surface area (Å²) in [5.41, 5.74) is 1.02. The largest absolute Gasteiger partial charge is 0.480 e. The molecule has 2 fully saturated rings. The predicted octanol–water partition coefficient (Wildman–Crippen LogP) is 2.25. The standard InChI is InChI=1S/C20H26N2O4/c1-14-5-7-15(8-6-14)12-22-13-16(11-17(22)23)18(24)21-20(19(25)26)9-3-2-4-10-20/h5-8,16H,2-4,9-13H2,1H3,(H,21,24)(H,25,26). The summed E-state index contributed by atoms with van der Waals surface area (Å²) >= 11 is 0. The molecule has 1 saturated carbocycles. The lowest BCUT2D eigenvalue weighted by atomic mass is 9.81. The number of rotatable bonds is 5. The first-order valence-electron chi connectivity index (χ1n) is 9.28. The molecule has 6 nitrogen and oxygen atoms in total. The lowest BCUT2D eigenvalue weighted by Crippen LogP contribution is -2.57. The molecule has 0 bridgehead atoms. The van der Waals surface area contributed by atoms with Crippen LogP contribution in [-0.4, -0.2) is 39.9 Å². The first-order valence-corrected chi connectivity index (χ1v) is 9.28. The number of carboxylic acids is 1. The Balaban J connectivity index is 1.63. The molecule has 1 heterocycles. The number of aryl methyl sites for hydroxylation is 1. The molecule has 1 unspecified atom stereocenters. The average molecular weight is 358 g/mol. The summed E-state index contributed by atoms with van der Waals surface area (Å²) in [5, 5.41) is 12.4. The Morgan fingerprint density at radius 3 is 2.46 bits per heavy atom. The number of hydrogen-bond donors (Lipinski definition) is 2. The van der Waals surface area contributed by atoms with Crippen molar-refractivity contribution in [2.45, 2.75) is 57.5 Å². The van der Waals surface area contributed by atoms with E-state index >= 15 is 0 Å². The highest BCUT2D eigenvalue weighted by Gasteiger charge is 2.44. The second kappa shape index (κ2) is 7.48. The third kappa shape index (κ3) is 3.89. The maximum atomic E-state index is 12.7. The highest BCUT2D eigenvalue weighted by atomic mass is 16.4. The molecule has 1 aromatic carbocycles. The monoisotopic (exact) mass is 358 g/mol. The number of aliphatic carboxylic acids is 1. The third-order valence-corrected chi connectivity index (χ3v) is 5.56. The van der Waals surface area contributed by atoms with Crippen molar-refractivity contribution in [1.29, 1.82) is 0 Å². The molecule has 0 aromatic heterocycles. The normalized spacial score (nSPS) is 22.3. The van der Waals surface area contributed by atoms with E-state index in [-0.39, 0.29) is 18.2 Å². The second-order valence-corrected chi connectivity index (χ2v) is 7.60. The van der Waals surface area contributed by atoms with Crippen LogP contribution in [0.3, 0.4) is 0 Å². The highest BCUT2D eigenvalue weighted by Crippen LogP contribution is 2.30. The van der Waals surface area contributed by atoms with Gasteiger partial charge >= 0.3 is 5.97 Å². The Kier molecular flexibility index (Phi) is 5.30. The molecule has 1 aromatic rings. The summed E-state index contributed by atoms with van der Waals surface area (Å²) in [5.74, 6) is -1.81. The van der Waals surface area contributed by atoms with E-state index in [4.69, 9.17) is 0 Å². The first kappa shape index (κ1) is 18.4. The minimum atomic E-state index is -1.16. The van der Waals surface area contributed by atoms with Crippen LogP contribution in [-0.2, 0) is 20.9 Å². The topological polar surface area (TPSA) is 86.7 Å². The lowest BCUT2D eigenvalue weighted by molar-refractivity contribution is -0.150. The number of nitrogens with zero attached hydrogens (tertiary/aromatic N) is 1. The van der Waals surface area contributed by atoms with Gasteiger partial charge in [-0.05, 0) is 25.3 Å². The Labute approximate surface area is 153 Å². The van der Waals surface area contributed by atoms with Crippen LogP contribution in [0.2, 0.25) is 0 Å². The van der Waals surface area contributed by atoms with Crippen LogP contribution in [0.4, 0.5) is 0 Å². The number of carbonyl (C=O) groups excluding carboxylic acids is 2. The van der Waals surface area contributed by atoms with E-state index in [9.17, 15) is 19.5 Å². The molecule has 2 aliphatic rings. The molecule has 2 N–H and O–H groups in total. The number of carbonyl (C=O) groups is 3. The summed E-state index contributed by atoms with van der Waals surface area (Å²) in [6, 6.07) is 7.97. The van der Waals surface area contributed by atoms with E-state index in [0.717, 1.165) is 30.4 Å². The van der Waals surface area contributed by atoms with Gasteiger partial charge in [0.25, 0.3) is 0 Å². The van der Waals surface area contributed by atoms with E-state index in [1.807, 2.05) is 31.2 Å². The van der Waals surface area contributed by atoms with Crippen molar-refractivity contribution in [2.75, 3.05) is 6.54 Å². The number of amides is 2. The maximum absolute atomic E-state index is 12.7. The fraction of sp³-hybridized carbons (Fsp3) is 0.550. The molecule has 2 amide bonds. The Bertz CT molecular complexity index is 692. The van der Waals surface area contributed by atoms with E-state index in [2.05, 4.69) is 5.32 Å². The Hall–Kier alpha value is -2.37. The predicted molar refractivity (Wildman–Crippen MR) is 96.3 cm³/mol. The minimum Gasteiger partial charge on any atom is -0.480 e. The second-order valence-electron chi connectivity index (χ2n) is 7.60. The van der Waals surface area contributed by atoms with Crippen LogP contribution in [0.5, 0.6) is 0 Å². The van der Waals surface area contributed by atoms with Gasteiger partial charge in [0.1, 0.15) is 5.54 Å². The van der Waals surface area contributed by atoms with E-state index in [1.54, 1.807) is 4.90 Å². The molecular weight excluding hydrogens is 332 g/mol. The zero-order chi connectivity index (χ0) is 18.7. The summed E-state index contributed by atoms with van der Waals surface area (Å²) in [6.45, 7) is 2.83. The lowest BCUT2D eigenvalue weighted by Gasteiger charge is -2.34. The maximum Gasteiger partial charge on any atom is 0.329 e. The van der Waals surface area contributed by atoms with Gasteiger partial charge in [0.05, 0.1) is 5.92 Å². The van der Waals surface area contributed by atoms with Gasteiger partial charge in [0, 0.05) is 19.5 Å². The van der Waals surface area contributed by atoms with Crippen LogP contribution in [0.1, 0.15) is 49.7 Å². The van der Waals surface area contributed by atoms with Crippen molar-refractivity contribution in [3.63, 3.8) is 0 Å². The fourth-order valence-electron chi connectivity index (χ4n) is 3.90.